The molecule has 0 saturated carbocycles. The zero-order valence-corrected chi connectivity index (χ0v) is 19.6. The molecule has 0 fully saturated rings. The number of amides is 2. The second-order valence-corrected chi connectivity index (χ2v) is 8.08. The highest BCUT2D eigenvalue weighted by molar-refractivity contribution is 7.12. The average molecular weight is 510 g/mol. The van der Waals surface area contributed by atoms with Crippen molar-refractivity contribution in [2.45, 2.75) is 0 Å². The summed E-state index contributed by atoms with van der Waals surface area (Å²) < 4.78 is 15.6. The Balaban J connectivity index is 1.77. The monoisotopic (exact) mass is 509 g/mol. The predicted molar refractivity (Wildman–Crippen MR) is 125 cm³/mol. The number of ether oxygens (including phenoxy) is 3. The number of pyridine rings is 1. The Bertz CT molecular complexity index is 1190. The minimum absolute atomic E-state index is 0.0343. The molecular formula is C21H17Cl2N3O6S. The van der Waals surface area contributed by atoms with Crippen LogP contribution in [0.3, 0.4) is 0 Å². The zero-order valence-electron chi connectivity index (χ0n) is 17.3. The number of thiophene rings is 1. The molecule has 0 bridgehead atoms. The molecule has 0 spiro atoms. The molecule has 0 unspecified atom stereocenters. The molecule has 0 atom stereocenters. The number of rotatable bonds is 8. The topological polar surface area (TPSA) is 116 Å². The molecule has 0 aliphatic heterocycles. The van der Waals surface area contributed by atoms with Gasteiger partial charge < -0.3 is 24.8 Å². The summed E-state index contributed by atoms with van der Waals surface area (Å²) in [7, 11) is 2.81. The number of carbonyl (C=O) groups is 3. The van der Waals surface area contributed by atoms with Gasteiger partial charge in [-0.05, 0) is 17.5 Å². The van der Waals surface area contributed by atoms with Crippen molar-refractivity contribution in [1.29, 1.82) is 0 Å². The van der Waals surface area contributed by atoms with Gasteiger partial charge in [0, 0.05) is 18.3 Å². The summed E-state index contributed by atoms with van der Waals surface area (Å²) in [4.78, 5) is 41.8. The number of methoxy groups -OCH3 is 2. The van der Waals surface area contributed by atoms with Crippen molar-refractivity contribution < 1.29 is 28.6 Å². The van der Waals surface area contributed by atoms with E-state index in [9.17, 15) is 14.4 Å². The van der Waals surface area contributed by atoms with E-state index < -0.39 is 24.4 Å². The molecular weight excluding hydrogens is 493 g/mol. The lowest BCUT2D eigenvalue weighted by Gasteiger charge is -2.15. The van der Waals surface area contributed by atoms with Crippen LogP contribution in [0.5, 0.6) is 11.5 Å². The molecule has 2 N–H and O–H groups in total. The van der Waals surface area contributed by atoms with E-state index >= 15 is 0 Å². The first kappa shape index (κ1) is 24.3. The second-order valence-electron chi connectivity index (χ2n) is 6.29. The Kier molecular flexibility index (Phi) is 8.10. The van der Waals surface area contributed by atoms with E-state index in [-0.39, 0.29) is 33.6 Å². The summed E-state index contributed by atoms with van der Waals surface area (Å²) in [5.41, 5.74) is 0.0897. The summed E-state index contributed by atoms with van der Waals surface area (Å²) in [5, 5.41) is 7.25. The number of aromatic nitrogens is 1. The van der Waals surface area contributed by atoms with E-state index in [2.05, 4.69) is 15.6 Å². The highest BCUT2D eigenvalue weighted by atomic mass is 35.5. The number of anilines is 2. The smallest absolute Gasteiger partial charge is 0.340 e. The highest BCUT2D eigenvalue weighted by Gasteiger charge is 2.21. The van der Waals surface area contributed by atoms with Crippen molar-refractivity contribution in [3.05, 3.63) is 62.4 Å². The number of esters is 1. The van der Waals surface area contributed by atoms with Crippen LogP contribution >= 0.6 is 34.5 Å². The maximum Gasteiger partial charge on any atom is 0.340 e. The van der Waals surface area contributed by atoms with E-state index in [1.165, 1.54) is 50.0 Å². The van der Waals surface area contributed by atoms with Gasteiger partial charge in [-0.25, -0.2) is 9.78 Å². The maximum atomic E-state index is 12.8. The van der Waals surface area contributed by atoms with Crippen LogP contribution in [0.25, 0.3) is 0 Å². The van der Waals surface area contributed by atoms with Crippen LogP contribution in [0.4, 0.5) is 11.5 Å². The second kappa shape index (κ2) is 11.0. The number of nitrogens with one attached hydrogen (secondary N) is 2. The van der Waals surface area contributed by atoms with Crippen molar-refractivity contribution >= 4 is 63.8 Å². The van der Waals surface area contributed by atoms with Crippen molar-refractivity contribution in [3.63, 3.8) is 0 Å². The van der Waals surface area contributed by atoms with E-state index in [0.29, 0.717) is 9.90 Å². The number of carbonyl (C=O) groups excluding carboxylic acids is 3. The summed E-state index contributed by atoms with van der Waals surface area (Å²) in [6.45, 7) is -0.633. The minimum atomic E-state index is -0.872. The Labute approximate surface area is 202 Å². The van der Waals surface area contributed by atoms with E-state index in [1.54, 1.807) is 17.5 Å². The third-order valence-corrected chi connectivity index (χ3v) is 5.50. The molecule has 3 aromatic rings. The molecule has 3 rings (SSSR count). The molecule has 0 aliphatic rings. The van der Waals surface area contributed by atoms with Crippen molar-refractivity contribution in [2.75, 3.05) is 31.5 Å². The normalized spacial score (nSPS) is 10.3. The van der Waals surface area contributed by atoms with E-state index in [4.69, 9.17) is 37.4 Å². The summed E-state index contributed by atoms with van der Waals surface area (Å²) in [6, 6.07) is 7.55. The van der Waals surface area contributed by atoms with Gasteiger partial charge in [0.15, 0.2) is 23.9 Å². The fourth-order valence-corrected chi connectivity index (χ4v) is 3.67. The number of halogens is 2. The number of benzene rings is 1. The molecule has 2 amide bonds. The van der Waals surface area contributed by atoms with Gasteiger partial charge in [0.2, 0.25) is 0 Å². The summed E-state index contributed by atoms with van der Waals surface area (Å²) >= 11 is 13.0. The average Bonchev–Trinajstić information content (AvgIpc) is 3.34. The van der Waals surface area contributed by atoms with Crippen molar-refractivity contribution in [1.82, 2.24) is 4.98 Å². The largest absolute Gasteiger partial charge is 0.493 e. The number of hydrogen-bond donors (Lipinski definition) is 2. The van der Waals surface area contributed by atoms with Crippen LogP contribution in [0, 0.1) is 0 Å². The van der Waals surface area contributed by atoms with Gasteiger partial charge in [0.25, 0.3) is 11.8 Å². The lowest BCUT2D eigenvalue weighted by atomic mass is 10.1. The summed E-state index contributed by atoms with van der Waals surface area (Å²) in [6.07, 6.45) is 1.31. The standard InChI is InChI=1S/C21H17Cl2N3O6S/c1-30-15-7-12(14(8-16(15)31-2)25-20(28)17-4-3-5-33-17)21(29)32-10-18(27)26-19-13(23)6-11(22)9-24-19/h3-9H,10H2,1-2H3,(H,25,28)(H,24,26,27). The fourth-order valence-electron chi connectivity index (χ4n) is 2.63. The third-order valence-electron chi connectivity index (χ3n) is 4.14. The summed E-state index contributed by atoms with van der Waals surface area (Å²) in [5.74, 6) is -1.38. The van der Waals surface area contributed by atoms with Crippen molar-refractivity contribution in [2.24, 2.45) is 0 Å². The fraction of sp³-hybridized carbons (Fsp3) is 0.143. The van der Waals surface area contributed by atoms with Crippen LogP contribution in [-0.2, 0) is 9.53 Å². The Morgan fingerprint density at radius 3 is 2.42 bits per heavy atom. The lowest BCUT2D eigenvalue weighted by Crippen LogP contribution is -2.22. The molecule has 172 valence electrons. The maximum absolute atomic E-state index is 12.8. The molecule has 12 heteroatoms. The number of hydrogen-bond acceptors (Lipinski definition) is 8. The first-order valence-corrected chi connectivity index (χ1v) is 10.8. The van der Waals surface area contributed by atoms with Crippen LogP contribution in [0.1, 0.15) is 20.0 Å². The third kappa shape index (κ3) is 6.13. The molecule has 0 radical (unpaired) electrons. The van der Waals surface area contributed by atoms with Crippen LogP contribution in [0.2, 0.25) is 10.0 Å². The van der Waals surface area contributed by atoms with Gasteiger partial charge in [-0.1, -0.05) is 29.3 Å². The van der Waals surface area contributed by atoms with Gasteiger partial charge >= 0.3 is 5.97 Å². The SMILES string of the molecule is COc1cc(NC(=O)c2cccs2)c(C(=O)OCC(=O)Nc2ncc(Cl)cc2Cl)cc1OC. The van der Waals surface area contributed by atoms with Crippen molar-refractivity contribution in [3.8, 4) is 11.5 Å². The first-order chi connectivity index (χ1) is 15.8. The quantitative estimate of drug-likeness (QED) is 0.429. The van der Waals surface area contributed by atoms with Gasteiger partial charge in [-0.3, -0.25) is 9.59 Å². The molecule has 9 nitrogen and oxygen atoms in total. The van der Waals surface area contributed by atoms with Gasteiger partial charge in [0.1, 0.15) is 0 Å². The zero-order chi connectivity index (χ0) is 24.0. The minimum Gasteiger partial charge on any atom is -0.493 e. The lowest BCUT2D eigenvalue weighted by molar-refractivity contribution is -0.119. The molecule has 1 aromatic carbocycles. The molecule has 33 heavy (non-hydrogen) atoms. The molecule has 0 aliphatic carbocycles. The van der Waals surface area contributed by atoms with Crippen LogP contribution in [-0.4, -0.2) is 43.6 Å². The Morgan fingerprint density at radius 2 is 1.79 bits per heavy atom. The highest BCUT2D eigenvalue weighted by Crippen LogP contribution is 2.34. The van der Waals surface area contributed by atoms with Crippen LogP contribution < -0.4 is 20.1 Å². The number of nitrogens with zero attached hydrogens (tertiary/aromatic N) is 1. The Hall–Kier alpha value is -3.34. The van der Waals surface area contributed by atoms with E-state index in [1.807, 2.05) is 0 Å². The van der Waals surface area contributed by atoms with Crippen LogP contribution in [0.15, 0.2) is 41.9 Å². The molecule has 2 heterocycles. The molecule has 2 aromatic heterocycles. The predicted octanol–water partition coefficient (Wildman–Crippen LogP) is 4.51. The van der Waals surface area contributed by atoms with Gasteiger partial charge in [-0.15, -0.1) is 11.3 Å². The van der Waals surface area contributed by atoms with Gasteiger partial charge in [0.05, 0.1) is 40.4 Å². The Morgan fingerprint density at radius 1 is 1.06 bits per heavy atom. The first-order valence-electron chi connectivity index (χ1n) is 9.21. The van der Waals surface area contributed by atoms with Gasteiger partial charge in [-0.2, -0.15) is 0 Å². The molecule has 0 saturated heterocycles. The van der Waals surface area contributed by atoms with E-state index in [0.717, 1.165) is 0 Å².